The molecule has 0 bridgehead atoms. The average molecular weight is 265 g/mol. The summed E-state index contributed by atoms with van der Waals surface area (Å²) < 4.78 is 1.96. The van der Waals surface area contributed by atoms with Crippen molar-refractivity contribution in [2.75, 3.05) is 0 Å². The fraction of sp³-hybridized carbons (Fsp3) is 0.875. The van der Waals surface area contributed by atoms with Crippen LogP contribution < -0.4 is 0 Å². The number of nitrogens with zero attached hydrogens (tertiary/aromatic N) is 3. The number of unbranched alkanes of at least 4 members (excludes halogenated alkanes) is 5. The van der Waals surface area contributed by atoms with Gasteiger partial charge in [0.25, 0.3) is 0 Å². The zero-order valence-corrected chi connectivity index (χ0v) is 13.1. The van der Waals surface area contributed by atoms with E-state index in [-0.39, 0.29) is 0 Å². The number of aromatic nitrogens is 3. The quantitative estimate of drug-likeness (QED) is 0.547. The van der Waals surface area contributed by atoms with E-state index in [1.54, 1.807) is 0 Å². The molecule has 0 spiro atoms. The minimum Gasteiger partial charge on any atom is -0.252 e. The second-order valence-corrected chi connectivity index (χ2v) is 6.03. The fourth-order valence-corrected chi connectivity index (χ4v) is 2.36. The molecule has 1 aromatic rings. The van der Waals surface area contributed by atoms with Gasteiger partial charge < -0.3 is 0 Å². The molecule has 0 N–H and O–H groups in total. The largest absolute Gasteiger partial charge is 0.252 e. The molecule has 0 fully saturated rings. The van der Waals surface area contributed by atoms with E-state index in [4.69, 9.17) is 0 Å². The van der Waals surface area contributed by atoms with Crippen LogP contribution in [0.25, 0.3) is 0 Å². The number of hydrogen-bond donors (Lipinski definition) is 0. The molecular formula is C16H31N3. The maximum atomic E-state index is 4.21. The highest BCUT2D eigenvalue weighted by Crippen LogP contribution is 2.12. The minimum atomic E-state index is 0.866. The first-order chi connectivity index (χ1) is 9.22. The van der Waals surface area contributed by atoms with Gasteiger partial charge in [0.15, 0.2) is 0 Å². The molecule has 1 rings (SSSR count). The molecule has 1 heterocycles. The maximum Gasteiger partial charge on any atom is 0.0827 e. The Balaban J connectivity index is 1.95. The van der Waals surface area contributed by atoms with Gasteiger partial charge in [-0.05, 0) is 25.2 Å². The van der Waals surface area contributed by atoms with Crippen LogP contribution in [0.1, 0.15) is 77.8 Å². The summed E-state index contributed by atoms with van der Waals surface area (Å²) in [6.07, 6.45) is 13.9. The van der Waals surface area contributed by atoms with Gasteiger partial charge in [0.1, 0.15) is 0 Å². The van der Waals surface area contributed by atoms with Gasteiger partial charge in [0.05, 0.1) is 5.69 Å². The molecule has 0 aromatic carbocycles. The summed E-state index contributed by atoms with van der Waals surface area (Å²) in [6.45, 7) is 7.78. The van der Waals surface area contributed by atoms with E-state index < -0.39 is 0 Å². The van der Waals surface area contributed by atoms with E-state index in [9.17, 15) is 0 Å². The third-order valence-electron chi connectivity index (χ3n) is 3.50. The predicted octanol–water partition coefficient (Wildman–Crippen LogP) is 4.62. The third-order valence-corrected chi connectivity index (χ3v) is 3.50. The van der Waals surface area contributed by atoms with Crippen molar-refractivity contribution in [3.63, 3.8) is 0 Å². The van der Waals surface area contributed by atoms with Crippen molar-refractivity contribution < 1.29 is 0 Å². The fourth-order valence-electron chi connectivity index (χ4n) is 2.36. The summed E-state index contributed by atoms with van der Waals surface area (Å²) in [7, 11) is 0. The molecule has 0 aliphatic rings. The van der Waals surface area contributed by atoms with Crippen LogP contribution in [0, 0.1) is 5.92 Å². The molecule has 1 aromatic heterocycles. The minimum absolute atomic E-state index is 0.866. The normalized spacial score (nSPS) is 11.4. The van der Waals surface area contributed by atoms with Gasteiger partial charge in [-0.2, -0.15) is 0 Å². The molecule has 0 amide bonds. The van der Waals surface area contributed by atoms with Gasteiger partial charge in [0, 0.05) is 12.7 Å². The number of aryl methyl sites for hydroxylation is 2. The highest BCUT2D eigenvalue weighted by molar-refractivity contribution is 4.91. The Morgan fingerprint density at radius 2 is 1.74 bits per heavy atom. The van der Waals surface area contributed by atoms with Crippen LogP contribution in [0.4, 0.5) is 0 Å². The second-order valence-electron chi connectivity index (χ2n) is 6.03. The molecule has 0 aliphatic carbocycles. The van der Waals surface area contributed by atoms with Crippen LogP contribution in [0.15, 0.2) is 6.20 Å². The Hall–Kier alpha value is -0.860. The average Bonchev–Trinajstić information content (AvgIpc) is 2.80. The van der Waals surface area contributed by atoms with Crippen molar-refractivity contribution in [1.29, 1.82) is 0 Å². The molecular weight excluding hydrogens is 234 g/mol. The van der Waals surface area contributed by atoms with Gasteiger partial charge in [-0.15, -0.1) is 5.10 Å². The zero-order valence-electron chi connectivity index (χ0n) is 13.1. The van der Waals surface area contributed by atoms with Crippen molar-refractivity contribution >= 4 is 0 Å². The highest BCUT2D eigenvalue weighted by atomic mass is 15.4. The van der Waals surface area contributed by atoms with Gasteiger partial charge in [-0.25, -0.2) is 0 Å². The molecule has 0 atom stereocenters. The van der Waals surface area contributed by atoms with E-state index in [1.165, 1.54) is 44.9 Å². The van der Waals surface area contributed by atoms with Gasteiger partial charge in [-0.3, -0.25) is 4.68 Å². The summed E-state index contributed by atoms with van der Waals surface area (Å²) >= 11 is 0. The first kappa shape index (κ1) is 16.2. The predicted molar refractivity (Wildman–Crippen MR) is 81.2 cm³/mol. The topological polar surface area (TPSA) is 30.7 Å². The van der Waals surface area contributed by atoms with E-state index >= 15 is 0 Å². The van der Waals surface area contributed by atoms with Gasteiger partial charge in [-0.1, -0.05) is 64.5 Å². The maximum absolute atomic E-state index is 4.21. The molecule has 3 heteroatoms. The van der Waals surface area contributed by atoms with E-state index in [0.717, 1.165) is 31.0 Å². The summed E-state index contributed by atoms with van der Waals surface area (Å²) in [4.78, 5) is 0. The molecule has 110 valence electrons. The lowest BCUT2D eigenvalue weighted by atomic mass is 10.0. The van der Waals surface area contributed by atoms with E-state index in [2.05, 4.69) is 37.3 Å². The summed E-state index contributed by atoms with van der Waals surface area (Å²) in [6, 6.07) is 0. The highest BCUT2D eigenvalue weighted by Gasteiger charge is 2.00. The Morgan fingerprint density at radius 1 is 1.05 bits per heavy atom. The van der Waals surface area contributed by atoms with Crippen molar-refractivity contribution in [2.45, 2.75) is 85.1 Å². The first-order valence-electron chi connectivity index (χ1n) is 8.11. The smallest absolute Gasteiger partial charge is 0.0827 e. The molecule has 19 heavy (non-hydrogen) atoms. The van der Waals surface area contributed by atoms with Crippen LogP contribution in [0.3, 0.4) is 0 Å². The van der Waals surface area contributed by atoms with Gasteiger partial charge >= 0.3 is 0 Å². The summed E-state index contributed by atoms with van der Waals surface area (Å²) in [5.74, 6) is 0.866. The second kappa shape index (κ2) is 9.99. The zero-order chi connectivity index (χ0) is 13.9. The SMILES string of the molecule is CCCn1cc(CCCCCCCCC(C)C)nn1. The van der Waals surface area contributed by atoms with Crippen LogP contribution in [-0.2, 0) is 13.0 Å². The van der Waals surface area contributed by atoms with Crippen molar-refractivity contribution in [3.05, 3.63) is 11.9 Å². The molecule has 3 nitrogen and oxygen atoms in total. The van der Waals surface area contributed by atoms with Crippen molar-refractivity contribution in [3.8, 4) is 0 Å². The Morgan fingerprint density at radius 3 is 2.42 bits per heavy atom. The Kier molecular flexibility index (Phi) is 8.52. The van der Waals surface area contributed by atoms with Crippen LogP contribution in [0.5, 0.6) is 0 Å². The molecule has 0 unspecified atom stereocenters. The van der Waals surface area contributed by atoms with Crippen LogP contribution >= 0.6 is 0 Å². The Bertz CT molecular complexity index is 318. The Labute approximate surface area is 118 Å². The molecule has 0 aliphatic heterocycles. The summed E-state index contributed by atoms with van der Waals surface area (Å²) in [5, 5.41) is 8.34. The van der Waals surface area contributed by atoms with Crippen LogP contribution in [-0.4, -0.2) is 15.0 Å². The molecule has 0 saturated carbocycles. The van der Waals surface area contributed by atoms with Crippen molar-refractivity contribution in [1.82, 2.24) is 15.0 Å². The molecule has 0 saturated heterocycles. The lowest BCUT2D eigenvalue weighted by Gasteiger charge is -2.04. The standard InChI is InChI=1S/C16H31N3/c1-4-13-19-14-16(17-18-19)12-10-8-6-5-7-9-11-15(2)3/h14-15H,4-13H2,1-3H3. The lowest BCUT2D eigenvalue weighted by molar-refractivity contribution is 0.511. The van der Waals surface area contributed by atoms with Crippen molar-refractivity contribution in [2.24, 2.45) is 5.92 Å². The third kappa shape index (κ3) is 8.02. The van der Waals surface area contributed by atoms with E-state index in [1.807, 2.05) is 4.68 Å². The van der Waals surface area contributed by atoms with E-state index in [0.29, 0.717) is 0 Å². The number of rotatable bonds is 11. The van der Waals surface area contributed by atoms with Gasteiger partial charge in [0.2, 0.25) is 0 Å². The van der Waals surface area contributed by atoms with Crippen LogP contribution in [0.2, 0.25) is 0 Å². The monoisotopic (exact) mass is 265 g/mol. The molecule has 0 radical (unpaired) electrons. The number of hydrogen-bond acceptors (Lipinski definition) is 2. The first-order valence-corrected chi connectivity index (χ1v) is 8.11. The lowest BCUT2D eigenvalue weighted by Crippen LogP contribution is -1.96. The summed E-state index contributed by atoms with van der Waals surface area (Å²) in [5.41, 5.74) is 1.16.